The highest BCUT2D eigenvalue weighted by molar-refractivity contribution is 6.28. The van der Waals surface area contributed by atoms with Crippen LogP contribution < -0.4 is 14.5 Å². The summed E-state index contributed by atoms with van der Waals surface area (Å²) >= 11 is 0. The van der Waals surface area contributed by atoms with Crippen molar-refractivity contribution in [3.05, 3.63) is 78.1 Å². The summed E-state index contributed by atoms with van der Waals surface area (Å²) in [6.07, 6.45) is 7.67. The van der Waals surface area contributed by atoms with Crippen LogP contribution in [0, 0.1) is 11.3 Å². The molecule has 1 heterocycles. The van der Waals surface area contributed by atoms with E-state index in [1.54, 1.807) is 42.7 Å². The van der Waals surface area contributed by atoms with Crippen LogP contribution >= 0.6 is 0 Å². The Balaban J connectivity index is 1.95. The number of nitriles is 1. The topological polar surface area (TPSA) is 73.6 Å². The Morgan fingerprint density at radius 1 is 1.06 bits per heavy atom. The van der Waals surface area contributed by atoms with Gasteiger partial charge in [0.05, 0.1) is 23.6 Å². The van der Waals surface area contributed by atoms with E-state index in [-0.39, 0.29) is 11.8 Å². The Kier molecular flexibility index (Phi) is 7.25. The van der Waals surface area contributed by atoms with Crippen LogP contribution in [0.3, 0.4) is 0 Å². The van der Waals surface area contributed by atoms with Crippen molar-refractivity contribution in [2.75, 3.05) is 22.9 Å². The number of hydrogen-bond acceptors (Lipinski definition) is 5. The third-order valence-corrected chi connectivity index (χ3v) is 5.12. The number of carbonyl (C=O) groups excluding carboxylic acids is 2. The van der Waals surface area contributed by atoms with Gasteiger partial charge in [-0.15, -0.1) is 0 Å². The normalized spacial score (nSPS) is 13.7. The number of allylic oxidation sites excluding steroid dienone is 2. The second-order valence-electron chi connectivity index (χ2n) is 7.04. The quantitative estimate of drug-likeness (QED) is 0.258. The van der Waals surface area contributed by atoms with Gasteiger partial charge in [0.2, 0.25) is 0 Å². The first-order chi connectivity index (χ1) is 15.5. The van der Waals surface area contributed by atoms with Crippen molar-refractivity contribution >= 4 is 34.8 Å². The first kappa shape index (κ1) is 22.6. The molecular weight excluding hydrogens is 402 g/mol. The summed E-state index contributed by atoms with van der Waals surface area (Å²) in [7, 11) is 0. The van der Waals surface area contributed by atoms with Gasteiger partial charge in [-0.3, -0.25) is 9.59 Å². The Morgan fingerprint density at radius 3 is 2.28 bits per heavy atom. The molecule has 0 aliphatic carbocycles. The molecule has 6 heteroatoms. The van der Waals surface area contributed by atoms with E-state index >= 15 is 0 Å². The van der Waals surface area contributed by atoms with Gasteiger partial charge in [0.1, 0.15) is 5.75 Å². The van der Waals surface area contributed by atoms with Gasteiger partial charge in [0.25, 0.3) is 11.8 Å². The number of amides is 2. The van der Waals surface area contributed by atoms with Crippen molar-refractivity contribution < 1.29 is 14.3 Å². The molecule has 2 aromatic carbocycles. The molecule has 0 fully saturated rings. The lowest BCUT2D eigenvalue weighted by Crippen LogP contribution is -2.29. The summed E-state index contributed by atoms with van der Waals surface area (Å²) < 4.78 is 5.81. The molecule has 0 saturated carbocycles. The minimum atomic E-state index is -0.377. The van der Waals surface area contributed by atoms with Crippen LogP contribution in [0.25, 0.3) is 11.6 Å². The SMILES string of the molecule is C/C=C/Oc1cc(N(CC)CC)ccc1/C=C(\C#N)c1ccc(N2C(=O)C=CC2=O)cc1. The van der Waals surface area contributed by atoms with Crippen molar-refractivity contribution in [3.63, 3.8) is 0 Å². The molecule has 0 aromatic heterocycles. The molecule has 0 N–H and O–H groups in total. The minimum Gasteiger partial charge on any atom is -0.465 e. The van der Waals surface area contributed by atoms with Gasteiger partial charge in [0, 0.05) is 42.6 Å². The van der Waals surface area contributed by atoms with E-state index in [0.717, 1.165) is 29.2 Å². The van der Waals surface area contributed by atoms with Gasteiger partial charge in [-0.05, 0) is 56.7 Å². The lowest BCUT2D eigenvalue weighted by molar-refractivity contribution is -0.119. The van der Waals surface area contributed by atoms with Crippen molar-refractivity contribution in [2.24, 2.45) is 0 Å². The summed E-state index contributed by atoms with van der Waals surface area (Å²) in [5.41, 5.74) is 3.39. The van der Waals surface area contributed by atoms with E-state index in [4.69, 9.17) is 4.74 Å². The van der Waals surface area contributed by atoms with Gasteiger partial charge in [-0.2, -0.15) is 5.26 Å². The molecule has 0 spiro atoms. The predicted octanol–water partition coefficient (Wildman–Crippen LogP) is 4.94. The predicted molar refractivity (Wildman–Crippen MR) is 127 cm³/mol. The molecule has 0 radical (unpaired) electrons. The molecule has 6 nitrogen and oxygen atoms in total. The van der Waals surface area contributed by atoms with Crippen LogP contribution in [0.2, 0.25) is 0 Å². The molecule has 0 atom stereocenters. The molecule has 3 rings (SSSR count). The van der Waals surface area contributed by atoms with E-state index in [2.05, 4.69) is 24.8 Å². The molecule has 1 aliphatic rings. The average molecular weight is 428 g/mol. The minimum absolute atomic E-state index is 0.377. The van der Waals surface area contributed by atoms with E-state index in [1.807, 2.05) is 25.1 Å². The number of hydrogen-bond donors (Lipinski definition) is 0. The zero-order valence-electron chi connectivity index (χ0n) is 18.4. The number of anilines is 2. The maximum absolute atomic E-state index is 11.9. The third-order valence-electron chi connectivity index (χ3n) is 5.12. The second-order valence-corrected chi connectivity index (χ2v) is 7.04. The van der Waals surface area contributed by atoms with Crippen LogP contribution in [0.15, 0.2) is 67.0 Å². The van der Waals surface area contributed by atoms with E-state index in [9.17, 15) is 14.9 Å². The first-order valence-corrected chi connectivity index (χ1v) is 10.5. The fraction of sp³-hybridized carbons (Fsp3) is 0.192. The van der Waals surface area contributed by atoms with Crippen molar-refractivity contribution in [3.8, 4) is 11.8 Å². The molecule has 0 unspecified atom stereocenters. The van der Waals surface area contributed by atoms with E-state index in [0.29, 0.717) is 22.6 Å². The van der Waals surface area contributed by atoms with Crippen LogP contribution in [-0.2, 0) is 9.59 Å². The number of rotatable bonds is 8. The Hall–Kier alpha value is -4.11. The second kappa shape index (κ2) is 10.3. The maximum Gasteiger partial charge on any atom is 0.258 e. The highest BCUT2D eigenvalue weighted by atomic mass is 16.5. The lowest BCUT2D eigenvalue weighted by atomic mass is 10.0. The monoisotopic (exact) mass is 427 g/mol. The summed E-state index contributed by atoms with van der Waals surface area (Å²) in [6.45, 7) is 7.82. The van der Waals surface area contributed by atoms with Crippen molar-refractivity contribution in [1.29, 1.82) is 5.26 Å². The highest BCUT2D eigenvalue weighted by Gasteiger charge is 2.24. The van der Waals surface area contributed by atoms with E-state index in [1.165, 1.54) is 12.2 Å². The maximum atomic E-state index is 11.9. The summed E-state index contributed by atoms with van der Waals surface area (Å²) in [4.78, 5) is 27.1. The van der Waals surface area contributed by atoms with Crippen LogP contribution in [0.4, 0.5) is 11.4 Å². The molecule has 0 bridgehead atoms. The van der Waals surface area contributed by atoms with Crippen LogP contribution in [0.1, 0.15) is 31.9 Å². The molecule has 32 heavy (non-hydrogen) atoms. The number of nitrogens with zero attached hydrogens (tertiary/aromatic N) is 3. The van der Waals surface area contributed by atoms with Crippen LogP contribution in [-0.4, -0.2) is 24.9 Å². The fourth-order valence-electron chi connectivity index (χ4n) is 3.45. The van der Waals surface area contributed by atoms with Crippen molar-refractivity contribution in [2.45, 2.75) is 20.8 Å². The number of ether oxygens (including phenoxy) is 1. The van der Waals surface area contributed by atoms with Gasteiger partial charge in [-0.1, -0.05) is 18.2 Å². The largest absolute Gasteiger partial charge is 0.465 e. The molecule has 2 aromatic rings. The first-order valence-electron chi connectivity index (χ1n) is 10.5. The molecule has 1 aliphatic heterocycles. The fourth-order valence-corrected chi connectivity index (χ4v) is 3.45. The summed E-state index contributed by atoms with van der Waals surface area (Å²) in [6, 6.07) is 14.9. The van der Waals surface area contributed by atoms with Gasteiger partial charge in [-0.25, -0.2) is 4.90 Å². The zero-order chi connectivity index (χ0) is 23.1. The third kappa shape index (κ3) is 4.79. The van der Waals surface area contributed by atoms with E-state index < -0.39 is 0 Å². The Bertz CT molecular complexity index is 1120. The molecular formula is C26H25N3O3. The van der Waals surface area contributed by atoms with Crippen LogP contribution in [0.5, 0.6) is 5.75 Å². The average Bonchev–Trinajstić information content (AvgIpc) is 3.15. The number of imide groups is 1. The van der Waals surface area contributed by atoms with Gasteiger partial charge >= 0.3 is 0 Å². The molecule has 162 valence electrons. The lowest BCUT2D eigenvalue weighted by Gasteiger charge is -2.22. The van der Waals surface area contributed by atoms with Gasteiger partial charge in [0.15, 0.2) is 0 Å². The number of benzene rings is 2. The Labute approximate surface area is 188 Å². The molecule has 2 amide bonds. The Morgan fingerprint density at radius 2 is 1.72 bits per heavy atom. The zero-order valence-corrected chi connectivity index (χ0v) is 18.4. The summed E-state index contributed by atoms with van der Waals surface area (Å²) in [5, 5.41) is 9.78. The summed E-state index contributed by atoms with van der Waals surface area (Å²) in [5.74, 6) is -0.105. The number of carbonyl (C=O) groups is 2. The standard InChI is InChI=1S/C26H25N3O3/c1-4-15-32-24-17-23(28(5-2)6-3)12-9-20(24)16-21(18-27)19-7-10-22(11-8-19)29-25(30)13-14-26(29)31/h4,7-17H,5-6H2,1-3H3/b15-4+,21-16+. The van der Waals surface area contributed by atoms with Gasteiger partial charge < -0.3 is 9.64 Å². The highest BCUT2D eigenvalue weighted by Crippen LogP contribution is 2.30. The van der Waals surface area contributed by atoms with Crippen molar-refractivity contribution in [1.82, 2.24) is 0 Å². The smallest absolute Gasteiger partial charge is 0.258 e. The molecule has 0 saturated heterocycles.